The number of nitrogens with one attached hydrogen (secondary N) is 1. The first kappa shape index (κ1) is 12.8. The Bertz CT molecular complexity index is 350. The van der Waals surface area contributed by atoms with Crippen LogP contribution in [0.4, 0.5) is 0 Å². The molecule has 0 saturated carbocycles. The van der Waals surface area contributed by atoms with Crippen molar-refractivity contribution in [1.82, 2.24) is 5.32 Å². The SMILES string of the molecule is CC(C)(CCO)NCc1cccc(O)c1O. The summed E-state index contributed by atoms with van der Waals surface area (Å²) in [6, 6.07) is 4.87. The first-order valence-electron chi connectivity index (χ1n) is 5.32. The van der Waals surface area contributed by atoms with Crippen LogP contribution in [0.5, 0.6) is 11.5 Å². The smallest absolute Gasteiger partial charge is 0.161 e. The molecular weight excluding hydrogens is 206 g/mol. The number of aliphatic hydroxyl groups is 1. The van der Waals surface area contributed by atoms with E-state index in [1.54, 1.807) is 12.1 Å². The van der Waals surface area contributed by atoms with Crippen LogP contribution in [0, 0.1) is 0 Å². The van der Waals surface area contributed by atoms with Crippen LogP contribution in [0.1, 0.15) is 25.8 Å². The lowest BCUT2D eigenvalue weighted by atomic mass is 10.0. The number of aromatic hydroxyl groups is 2. The first-order valence-corrected chi connectivity index (χ1v) is 5.32. The molecule has 4 N–H and O–H groups in total. The Balaban J connectivity index is 2.64. The average Bonchev–Trinajstić information content (AvgIpc) is 2.20. The maximum absolute atomic E-state index is 9.58. The Morgan fingerprint density at radius 3 is 2.56 bits per heavy atom. The second kappa shape index (κ2) is 5.18. The lowest BCUT2D eigenvalue weighted by Gasteiger charge is -2.25. The highest BCUT2D eigenvalue weighted by molar-refractivity contribution is 5.44. The van der Waals surface area contributed by atoms with Gasteiger partial charge in [0.2, 0.25) is 0 Å². The van der Waals surface area contributed by atoms with E-state index in [1.165, 1.54) is 6.07 Å². The van der Waals surface area contributed by atoms with E-state index in [0.29, 0.717) is 18.5 Å². The van der Waals surface area contributed by atoms with Gasteiger partial charge < -0.3 is 20.6 Å². The molecular formula is C12H19NO3. The summed E-state index contributed by atoms with van der Waals surface area (Å²) in [5.74, 6) is -0.200. The summed E-state index contributed by atoms with van der Waals surface area (Å²) < 4.78 is 0. The minimum absolute atomic E-state index is 0.0881. The summed E-state index contributed by atoms with van der Waals surface area (Å²) in [6.07, 6.45) is 0.632. The van der Waals surface area contributed by atoms with Crippen LogP contribution < -0.4 is 5.32 Å². The molecule has 16 heavy (non-hydrogen) atoms. The van der Waals surface area contributed by atoms with Gasteiger partial charge in [0.15, 0.2) is 11.5 Å². The molecule has 0 amide bonds. The van der Waals surface area contributed by atoms with Crippen LogP contribution in [-0.2, 0) is 6.54 Å². The van der Waals surface area contributed by atoms with E-state index >= 15 is 0 Å². The van der Waals surface area contributed by atoms with Crippen LogP contribution in [0.15, 0.2) is 18.2 Å². The molecule has 90 valence electrons. The number of hydrogen-bond donors (Lipinski definition) is 4. The fourth-order valence-electron chi connectivity index (χ4n) is 1.42. The van der Waals surface area contributed by atoms with Crippen LogP contribution in [0.25, 0.3) is 0 Å². The van der Waals surface area contributed by atoms with Crippen molar-refractivity contribution < 1.29 is 15.3 Å². The fourth-order valence-corrected chi connectivity index (χ4v) is 1.42. The topological polar surface area (TPSA) is 72.7 Å². The highest BCUT2D eigenvalue weighted by Gasteiger charge is 2.16. The van der Waals surface area contributed by atoms with Gasteiger partial charge in [-0.15, -0.1) is 0 Å². The highest BCUT2D eigenvalue weighted by Crippen LogP contribution is 2.28. The van der Waals surface area contributed by atoms with Gasteiger partial charge in [-0.05, 0) is 26.3 Å². The Morgan fingerprint density at radius 2 is 1.94 bits per heavy atom. The van der Waals surface area contributed by atoms with Gasteiger partial charge in [-0.25, -0.2) is 0 Å². The second-order valence-corrected chi connectivity index (χ2v) is 4.50. The number of phenols is 2. The van der Waals surface area contributed by atoms with Crippen LogP contribution in [0.3, 0.4) is 0 Å². The van der Waals surface area contributed by atoms with Crippen LogP contribution in [0.2, 0.25) is 0 Å². The highest BCUT2D eigenvalue weighted by atomic mass is 16.3. The molecule has 1 aromatic rings. The molecule has 0 bridgehead atoms. The Labute approximate surface area is 95.6 Å². The van der Waals surface area contributed by atoms with Crippen LogP contribution in [-0.4, -0.2) is 27.5 Å². The number of para-hydroxylation sites is 1. The number of benzene rings is 1. The lowest BCUT2D eigenvalue weighted by molar-refractivity contribution is 0.229. The molecule has 1 rings (SSSR count). The van der Waals surface area contributed by atoms with E-state index in [-0.39, 0.29) is 23.6 Å². The van der Waals surface area contributed by atoms with Crippen molar-refractivity contribution in [2.45, 2.75) is 32.4 Å². The normalized spacial score (nSPS) is 11.7. The van der Waals surface area contributed by atoms with E-state index in [0.717, 1.165) is 0 Å². The average molecular weight is 225 g/mol. The number of aliphatic hydroxyl groups excluding tert-OH is 1. The molecule has 4 heteroatoms. The summed E-state index contributed by atoms with van der Waals surface area (Å²) in [7, 11) is 0. The maximum Gasteiger partial charge on any atom is 0.161 e. The van der Waals surface area contributed by atoms with Gasteiger partial charge >= 0.3 is 0 Å². The Hall–Kier alpha value is -1.26. The van der Waals surface area contributed by atoms with E-state index in [1.807, 2.05) is 13.8 Å². The number of rotatable bonds is 5. The molecule has 0 saturated heterocycles. The van der Waals surface area contributed by atoms with Crippen molar-refractivity contribution in [2.24, 2.45) is 0 Å². The molecule has 0 aliphatic rings. The van der Waals surface area contributed by atoms with Crippen LogP contribution >= 0.6 is 0 Å². The van der Waals surface area contributed by atoms with E-state index in [2.05, 4.69) is 5.32 Å². The van der Waals surface area contributed by atoms with E-state index in [4.69, 9.17) is 5.11 Å². The standard InChI is InChI=1S/C12H19NO3/c1-12(2,6-7-14)13-8-9-4-3-5-10(15)11(9)16/h3-5,13-16H,6-8H2,1-2H3. The van der Waals surface area contributed by atoms with Crippen molar-refractivity contribution in [3.05, 3.63) is 23.8 Å². The first-order chi connectivity index (χ1) is 7.46. The molecule has 0 spiro atoms. The fraction of sp³-hybridized carbons (Fsp3) is 0.500. The molecule has 4 nitrogen and oxygen atoms in total. The minimum atomic E-state index is -0.202. The predicted octanol–water partition coefficient (Wildman–Crippen LogP) is 1.35. The molecule has 0 atom stereocenters. The third-order valence-corrected chi connectivity index (χ3v) is 2.59. The zero-order chi connectivity index (χ0) is 12.2. The van der Waals surface area contributed by atoms with Crippen molar-refractivity contribution in [3.63, 3.8) is 0 Å². The second-order valence-electron chi connectivity index (χ2n) is 4.50. The molecule has 0 aromatic heterocycles. The zero-order valence-electron chi connectivity index (χ0n) is 9.70. The summed E-state index contributed by atoms with van der Waals surface area (Å²) in [6.45, 7) is 4.52. The van der Waals surface area contributed by atoms with Gasteiger partial charge in [-0.1, -0.05) is 12.1 Å². The summed E-state index contributed by atoms with van der Waals surface area (Å²) >= 11 is 0. The Morgan fingerprint density at radius 1 is 1.25 bits per heavy atom. The maximum atomic E-state index is 9.58. The molecule has 0 heterocycles. The van der Waals surface area contributed by atoms with Crippen molar-refractivity contribution in [3.8, 4) is 11.5 Å². The third-order valence-electron chi connectivity index (χ3n) is 2.59. The molecule has 0 fully saturated rings. The number of phenolic OH excluding ortho intramolecular Hbond substituents is 2. The quantitative estimate of drug-likeness (QED) is 0.571. The molecule has 0 radical (unpaired) electrons. The van der Waals surface area contributed by atoms with Gasteiger partial charge in [-0.3, -0.25) is 0 Å². The molecule has 0 unspecified atom stereocenters. The molecule has 0 aliphatic carbocycles. The largest absolute Gasteiger partial charge is 0.504 e. The molecule has 1 aromatic carbocycles. The van der Waals surface area contributed by atoms with Gasteiger partial charge in [0.1, 0.15) is 0 Å². The number of hydrogen-bond acceptors (Lipinski definition) is 4. The Kier molecular flexibility index (Phi) is 4.15. The van der Waals surface area contributed by atoms with Crippen molar-refractivity contribution in [1.29, 1.82) is 0 Å². The zero-order valence-corrected chi connectivity index (χ0v) is 9.70. The predicted molar refractivity (Wildman–Crippen MR) is 62.4 cm³/mol. The van der Waals surface area contributed by atoms with Gasteiger partial charge in [-0.2, -0.15) is 0 Å². The van der Waals surface area contributed by atoms with Gasteiger partial charge in [0.05, 0.1) is 0 Å². The minimum Gasteiger partial charge on any atom is -0.504 e. The monoisotopic (exact) mass is 225 g/mol. The van der Waals surface area contributed by atoms with Gasteiger partial charge in [0.25, 0.3) is 0 Å². The van der Waals surface area contributed by atoms with Gasteiger partial charge in [0, 0.05) is 24.3 Å². The van der Waals surface area contributed by atoms with E-state index in [9.17, 15) is 10.2 Å². The van der Waals surface area contributed by atoms with Crippen molar-refractivity contribution >= 4 is 0 Å². The molecule has 0 aliphatic heterocycles. The van der Waals surface area contributed by atoms with Crippen molar-refractivity contribution in [2.75, 3.05) is 6.61 Å². The summed E-state index contributed by atoms with van der Waals surface area (Å²) in [5, 5.41) is 31.0. The summed E-state index contributed by atoms with van der Waals surface area (Å²) in [5.41, 5.74) is 0.443. The summed E-state index contributed by atoms with van der Waals surface area (Å²) in [4.78, 5) is 0. The van der Waals surface area contributed by atoms with E-state index < -0.39 is 0 Å². The lowest BCUT2D eigenvalue weighted by Crippen LogP contribution is -2.39. The third kappa shape index (κ3) is 3.40.